The van der Waals surface area contributed by atoms with Crippen LogP contribution in [0.25, 0.3) is 0 Å². The van der Waals surface area contributed by atoms with Crippen molar-refractivity contribution in [3.05, 3.63) is 11.3 Å². The summed E-state index contributed by atoms with van der Waals surface area (Å²) in [5.74, 6) is 0.330. The molecule has 1 rings (SSSR count). The van der Waals surface area contributed by atoms with Crippen molar-refractivity contribution in [3.8, 4) is 0 Å². The molecule has 0 fully saturated rings. The van der Waals surface area contributed by atoms with Crippen molar-refractivity contribution in [1.29, 1.82) is 0 Å². The van der Waals surface area contributed by atoms with Crippen LogP contribution in [0.2, 0.25) is 0 Å². The summed E-state index contributed by atoms with van der Waals surface area (Å²) in [5, 5.41) is 4.26. The highest BCUT2D eigenvalue weighted by molar-refractivity contribution is 7.80. The Morgan fingerprint density at radius 3 is 2.53 bits per heavy atom. The summed E-state index contributed by atoms with van der Waals surface area (Å²) in [6.07, 6.45) is 0. The van der Waals surface area contributed by atoms with Gasteiger partial charge in [0.2, 0.25) is 5.91 Å². The molecule has 0 unspecified atom stereocenters. The molecule has 0 aliphatic heterocycles. The second kappa shape index (κ2) is 5.13. The largest absolute Gasteiger partial charge is 0.389 e. The lowest BCUT2D eigenvalue weighted by Gasteiger charge is -2.22. The molecule has 0 saturated carbocycles. The van der Waals surface area contributed by atoms with E-state index in [0.29, 0.717) is 12.1 Å². The first-order valence-corrected chi connectivity index (χ1v) is 5.65. The van der Waals surface area contributed by atoms with Gasteiger partial charge in [-0.1, -0.05) is 12.2 Å². The van der Waals surface area contributed by atoms with E-state index in [0.717, 1.165) is 11.5 Å². The molecule has 0 aromatic carbocycles. The van der Waals surface area contributed by atoms with E-state index in [1.54, 1.807) is 16.6 Å². The number of nitrogens with two attached hydrogens (primary N) is 2. The van der Waals surface area contributed by atoms with Gasteiger partial charge in [-0.05, 0) is 13.8 Å². The monoisotopic (exact) mass is 255 g/mol. The SMILES string of the molecule is CCN(CC(N)=O)c1c(C(N)=S)c(C)nn1C. The van der Waals surface area contributed by atoms with E-state index in [-0.39, 0.29) is 11.5 Å². The lowest BCUT2D eigenvalue weighted by atomic mass is 10.2. The Hall–Kier alpha value is -1.63. The van der Waals surface area contributed by atoms with Crippen LogP contribution < -0.4 is 16.4 Å². The Kier molecular flexibility index (Phi) is 4.06. The van der Waals surface area contributed by atoms with Crippen molar-refractivity contribution in [1.82, 2.24) is 9.78 Å². The van der Waals surface area contributed by atoms with Crippen molar-refractivity contribution in [2.24, 2.45) is 18.5 Å². The predicted octanol–water partition coefficient (Wildman–Crippen LogP) is -0.326. The summed E-state index contributed by atoms with van der Waals surface area (Å²) in [5.41, 5.74) is 12.3. The number of aromatic nitrogens is 2. The van der Waals surface area contributed by atoms with Crippen LogP contribution in [0.15, 0.2) is 0 Å². The summed E-state index contributed by atoms with van der Waals surface area (Å²) in [6, 6.07) is 0. The molecule has 0 aliphatic rings. The maximum absolute atomic E-state index is 11.0. The number of nitrogens with zero attached hydrogens (tertiary/aromatic N) is 3. The Morgan fingerprint density at radius 2 is 2.12 bits per heavy atom. The number of carbonyl (C=O) groups is 1. The van der Waals surface area contributed by atoms with Gasteiger partial charge in [0.05, 0.1) is 17.8 Å². The van der Waals surface area contributed by atoms with Gasteiger partial charge in [0.1, 0.15) is 10.8 Å². The molecule has 0 atom stereocenters. The number of amides is 1. The Bertz CT molecular complexity index is 454. The van der Waals surface area contributed by atoms with Gasteiger partial charge in [-0.3, -0.25) is 9.48 Å². The number of likely N-dealkylation sites (N-methyl/N-ethyl adjacent to an activating group) is 1. The molecule has 7 heteroatoms. The average Bonchev–Trinajstić information content (AvgIpc) is 2.49. The number of thiocarbonyl (C=S) groups is 1. The fourth-order valence-corrected chi connectivity index (χ4v) is 2.06. The minimum Gasteiger partial charge on any atom is -0.389 e. The average molecular weight is 255 g/mol. The number of aryl methyl sites for hydroxylation is 2. The van der Waals surface area contributed by atoms with Crippen LogP contribution in [0.1, 0.15) is 18.2 Å². The number of carbonyl (C=O) groups excluding carboxylic acids is 1. The van der Waals surface area contributed by atoms with Crippen molar-refractivity contribution >= 4 is 28.9 Å². The highest BCUT2D eigenvalue weighted by atomic mass is 32.1. The molecule has 0 spiro atoms. The molecular weight excluding hydrogens is 238 g/mol. The molecule has 0 aliphatic carbocycles. The lowest BCUT2D eigenvalue weighted by Crippen LogP contribution is -2.36. The standard InChI is InChI=1S/C10H17N5OS/c1-4-15(5-7(11)16)10-8(9(12)17)6(2)13-14(10)3/h4-5H2,1-3H3,(H2,11,16)(H2,12,17). The number of rotatable bonds is 5. The van der Waals surface area contributed by atoms with E-state index in [4.69, 9.17) is 23.7 Å². The molecule has 6 nitrogen and oxygen atoms in total. The summed E-state index contributed by atoms with van der Waals surface area (Å²) >= 11 is 5.01. The first-order valence-electron chi connectivity index (χ1n) is 5.25. The summed E-state index contributed by atoms with van der Waals surface area (Å²) in [7, 11) is 1.79. The van der Waals surface area contributed by atoms with Gasteiger partial charge in [0.15, 0.2) is 0 Å². The summed E-state index contributed by atoms with van der Waals surface area (Å²) in [6.45, 7) is 4.49. The number of hydrogen-bond acceptors (Lipinski definition) is 4. The van der Waals surface area contributed by atoms with Crippen LogP contribution in [0.5, 0.6) is 0 Å². The van der Waals surface area contributed by atoms with Crippen LogP contribution >= 0.6 is 12.2 Å². The first-order chi connectivity index (χ1) is 7.88. The highest BCUT2D eigenvalue weighted by Crippen LogP contribution is 2.22. The summed E-state index contributed by atoms with van der Waals surface area (Å²) < 4.78 is 1.66. The minimum absolute atomic E-state index is 0.116. The van der Waals surface area contributed by atoms with E-state index < -0.39 is 5.91 Å². The molecule has 1 aromatic rings. The van der Waals surface area contributed by atoms with Gasteiger partial charge in [-0.2, -0.15) is 5.10 Å². The third kappa shape index (κ3) is 2.73. The van der Waals surface area contributed by atoms with E-state index in [1.165, 1.54) is 0 Å². The number of hydrogen-bond donors (Lipinski definition) is 2. The van der Waals surface area contributed by atoms with Gasteiger partial charge in [-0.25, -0.2) is 0 Å². The highest BCUT2D eigenvalue weighted by Gasteiger charge is 2.21. The second-order valence-electron chi connectivity index (χ2n) is 3.75. The van der Waals surface area contributed by atoms with Gasteiger partial charge >= 0.3 is 0 Å². The second-order valence-corrected chi connectivity index (χ2v) is 4.19. The van der Waals surface area contributed by atoms with Crippen LogP contribution in [0, 0.1) is 6.92 Å². The third-order valence-corrected chi connectivity index (χ3v) is 2.67. The fraction of sp³-hybridized carbons (Fsp3) is 0.500. The minimum atomic E-state index is -0.403. The third-order valence-electron chi connectivity index (χ3n) is 2.47. The van der Waals surface area contributed by atoms with Crippen molar-refractivity contribution in [2.75, 3.05) is 18.0 Å². The summed E-state index contributed by atoms with van der Waals surface area (Å²) in [4.78, 5) is 13.1. The van der Waals surface area contributed by atoms with E-state index in [1.807, 2.05) is 13.8 Å². The molecule has 1 heterocycles. The molecule has 0 bridgehead atoms. The van der Waals surface area contributed by atoms with E-state index >= 15 is 0 Å². The molecule has 4 N–H and O–H groups in total. The van der Waals surface area contributed by atoms with Crippen LogP contribution in [-0.4, -0.2) is 33.8 Å². The normalized spacial score (nSPS) is 10.3. The number of anilines is 1. The zero-order valence-electron chi connectivity index (χ0n) is 10.2. The molecule has 0 saturated heterocycles. The van der Waals surface area contributed by atoms with Crippen LogP contribution in [-0.2, 0) is 11.8 Å². The maximum Gasteiger partial charge on any atom is 0.236 e. The lowest BCUT2D eigenvalue weighted by molar-refractivity contribution is -0.116. The molecule has 1 amide bonds. The van der Waals surface area contributed by atoms with E-state index in [2.05, 4.69) is 5.10 Å². The smallest absolute Gasteiger partial charge is 0.236 e. The molecule has 1 aromatic heterocycles. The topological polar surface area (TPSA) is 90.2 Å². The van der Waals surface area contributed by atoms with Crippen molar-refractivity contribution in [3.63, 3.8) is 0 Å². The van der Waals surface area contributed by atoms with Gasteiger partial charge in [-0.15, -0.1) is 0 Å². The van der Waals surface area contributed by atoms with Gasteiger partial charge in [0.25, 0.3) is 0 Å². The molecule has 0 radical (unpaired) electrons. The van der Waals surface area contributed by atoms with Gasteiger partial charge < -0.3 is 16.4 Å². The van der Waals surface area contributed by atoms with E-state index in [9.17, 15) is 4.79 Å². The maximum atomic E-state index is 11.0. The molecule has 94 valence electrons. The van der Waals surface area contributed by atoms with Crippen LogP contribution in [0.3, 0.4) is 0 Å². The predicted molar refractivity (Wildman–Crippen MR) is 70.9 cm³/mol. The fourth-order valence-electron chi connectivity index (χ4n) is 1.82. The quantitative estimate of drug-likeness (QED) is 0.703. The van der Waals surface area contributed by atoms with Crippen molar-refractivity contribution in [2.45, 2.75) is 13.8 Å². The Labute approximate surface area is 106 Å². The first kappa shape index (κ1) is 13.4. The molecule has 17 heavy (non-hydrogen) atoms. The van der Waals surface area contributed by atoms with Crippen molar-refractivity contribution < 1.29 is 4.79 Å². The Morgan fingerprint density at radius 1 is 1.53 bits per heavy atom. The van der Waals surface area contributed by atoms with Gasteiger partial charge in [0, 0.05) is 13.6 Å². The zero-order chi connectivity index (χ0) is 13.2. The zero-order valence-corrected chi connectivity index (χ0v) is 11.0. The number of primary amides is 1. The van der Waals surface area contributed by atoms with Crippen LogP contribution in [0.4, 0.5) is 5.82 Å². The molecular formula is C10H17N5OS. The Balaban J connectivity index is 3.27.